The number of aryl methyl sites for hydroxylation is 2. The van der Waals surface area contributed by atoms with Crippen molar-refractivity contribution in [2.45, 2.75) is 45.1 Å². The summed E-state index contributed by atoms with van der Waals surface area (Å²) in [5.41, 5.74) is 3.21. The third-order valence-corrected chi connectivity index (χ3v) is 6.84. The second-order valence-corrected chi connectivity index (χ2v) is 9.82. The molecule has 0 bridgehead atoms. The Kier molecular flexibility index (Phi) is 8.16. The molecule has 34 heavy (non-hydrogen) atoms. The minimum atomic E-state index is -4.06. The fourth-order valence-corrected chi connectivity index (χ4v) is 5.21. The van der Waals surface area contributed by atoms with E-state index in [1.807, 2.05) is 33.6 Å². The smallest absolute Gasteiger partial charge is 0.328 e. The van der Waals surface area contributed by atoms with Gasteiger partial charge in [0.25, 0.3) is 10.0 Å². The van der Waals surface area contributed by atoms with Gasteiger partial charge in [-0.25, -0.2) is 22.9 Å². The lowest BCUT2D eigenvalue weighted by Gasteiger charge is -2.13. The number of amides is 2. The van der Waals surface area contributed by atoms with Crippen LogP contribution in [-0.4, -0.2) is 35.7 Å². The molecule has 2 aromatic carbocycles. The van der Waals surface area contributed by atoms with Crippen LogP contribution in [0.15, 0.2) is 53.4 Å². The molecule has 10 heteroatoms. The molecular weight excluding hydrogens is 472 g/mol. The number of nitrogens with zero attached hydrogens (tertiary/aromatic N) is 2. The zero-order chi connectivity index (χ0) is 24.9. The first-order valence-corrected chi connectivity index (χ1v) is 12.9. The zero-order valence-corrected chi connectivity index (χ0v) is 21.0. The molecule has 2 amide bonds. The maximum atomic E-state index is 12.8. The van der Waals surface area contributed by atoms with Gasteiger partial charge in [0.05, 0.1) is 10.6 Å². The van der Waals surface area contributed by atoms with Crippen LogP contribution in [0.2, 0.25) is 0 Å². The van der Waals surface area contributed by atoms with Crippen LogP contribution in [0.3, 0.4) is 0 Å². The highest BCUT2D eigenvalue weighted by Crippen LogP contribution is 2.28. The van der Waals surface area contributed by atoms with Crippen molar-refractivity contribution in [2.75, 3.05) is 6.54 Å². The highest BCUT2D eigenvalue weighted by atomic mass is 32.2. The van der Waals surface area contributed by atoms with E-state index < -0.39 is 16.1 Å². The molecule has 0 saturated carbocycles. The number of carbonyl (C=O) groups is 2. The van der Waals surface area contributed by atoms with E-state index in [4.69, 9.17) is 0 Å². The second kappa shape index (κ2) is 10.9. The second-order valence-electron chi connectivity index (χ2n) is 7.76. The summed E-state index contributed by atoms with van der Waals surface area (Å²) in [6.07, 6.45) is 1.63. The Labute approximate surface area is 205 Å². The lowest BCUT2D eigenvalue weighted by atomic mass is 10.0. The number of urea groups is 1. The SMILES string of the molecule is CCCc1nc(C)c(C(=O)S)n1Cc1ccc(-c2ccccc2S(=O)(=O)NC(=O)NCC)cc1. The summed E-state index contributed by atoms with van der Waals surface area (Å²) in [6.45, 7) is 6.30. The topological polar surface area (TPSA) is 110 Å². The summed E-state index contributed by atoms with van der Waals surface area (Å²) >= 11 is 4.02. The van der Waals surface area contributed by atoms with Crippen molar-refractivity contribution >= 4 is 33.8 Å². The maximum absolute atomic E-state index is 12.8. The van der Waals surface area contributed by atoms with E-state index in [2.05, 4.69) is 29.9 Å². The summed E-state index contributed by atoms with van der Waals surface area (Å²) in [7, 11) is -4.06. The number of thiol groups is 1. The number of carbonyl (C=O) groups excluding carboxylic acids is 2. The quantitative estimate of drug-likeness (QED) is 0.386. The summed E-state index contributed by atoms with van der Waals surface area (Å²) in [5, 5.41) is 2.09. The average molecular weight is 501 g/mol. The van der Waals surface area contributed by atoms with Gasteiger partial charge < -0.3 is 9.88 Å². The van der Waals surface area contributed by atoms with E-state index in [1.165, 1.54) is 6.07 Å². The summed E-state index contributed by atoms with van der Waals surface area (Å²) in [5.74, 6) is 0.828. The molecule has 0 saturated heterocycles. The summed E-state index contributed by atoms with van der Waals surface area (Å²) < 4.78 is 29.5. The normalized spacial score (nSPS) is 11.3. The Morgan fingerprint density at radius 2 is 1.74 bits per heavy atom. The number of nitrogens with one attached hydrogen (secondary N) is 2. The van der Waals surface area contributed by atoms with Gasteiger partial charge in [0, 0.05) is 25.1 Å². The van der Waals surface area contributed by atoms with Crippen molar-refractivity contribution < 1.29 is 18.0 Å². The Hall–Kier alpha value is -3.11. The van der Waals surface area contributed by atoms with Crippen molar-refractivity contribution in [1.82, 2.24) is 19.6 Å². The number of rotatable bonds is 9. The van der Waals surface area contributed by atoms with Gasteiger partial charge in [-0.3, -0.25) is 4.79 Å². The number of hydrogen-bond donors (Lipinski definition) is 3. The Morgan fingerprint density at radius 3 is 2.35 bits per heavy atom. The van der Waals surface area contributed by atoms with Gasteiger partial charge in [-0.2, -0.15) is 0 Å². The molecule has 0 aliphatic heterocycles. The minimum absolute atomic E-state index is 0.00688. The maximum Gasteiger partial charge on any atom is 0.328 e. The van der Waals surface area contributed by atoms with E-state index in [1.54, 1.807) is 32.0 Å². The highest BCUT2D eigenvalue weighted by molar-refractivity contribution is 7.97. The van der Waals surface area contributed by atoms with Gasteiger partial charge >= 0.3 is 6.03 Å². The van der Waals surface area contributed by atoms with Gasteiger partial charge in [0.2, 0.25) is 5.12 Å². The molecule has 0 aliphatic carbocycles. The van der Waals surface area contributed by atoms with Gasteiger partial charge in [-0.1, -0.05) is 62.0 Å². The molecule has 1 aromatic heterocycles. The summed E-state index contributed by atoms with van der Waals surface area (Å²) in [4.78, 5) is 28.5. The predicted octanol–water partition coefficient (Wildman–Crippen LogP) is 3.94. The predicted molar refractivity (Wildman–Crippen MR) is 135 cm³/mol. The summed E-state index contributed by atoms with van der Waals surface area (Å²) in [6, 6.07) is 13.1. The Balaban J connectivity index is 1.93. The van der Waals surface area contributed by atoms with Crippen LogP contribution in [0.25, 0.3) is 11.1 Å². The molecule has 1 heterocycles. The van der Waals surface area contributed by atoms with Crippen LogP contribution in [-0.2, 0) is 23.0 Å². The number of aromatic nitrogens is 2. The van der Waals surface area contributed by atoms with Crippen molar-refractivity contribution in [1.29, 1.82) is 0 Å². The van der Waals surface area contributed by atoms with E-state index in [0.717, 1.165) is 24.2 Å². The van der Waals surface area contributed by atoms with Crippen LogP contribution >= 0.6 is 12.6 Å². The van der Waals surface area contributed by atoms with Crippen LogP contribution in [0.1, 0.15) is 47.8 Å². The lowest BCUT2D eigenvalue weighted by molar-refractivity contribution is 0.108. The number of imidazole rings is 1. The Morgan fingerprint density at radius 1 is 1.06 bits per heavy atom. The molecule has 3 rings (SSSR count). The van der Waals surface area contributed by atoms with Crippen LogP contribution < -0.4 is 10.0 Å². The third-order valence-electron chi connectivity index (χ3n) is 5.24. The van der Waals surface area contributed by atoms with Crippen LogP contribution in [0.5, 0.6) is 0 Å². The third kappa shape index (κ3) is 5.68. The lowest BCUT2D eigenvalue weighted by Crippen LogP contribution is -2.39. The largest absolute Gasteiger partial charge is 0.338 e. The van der Waals surface area contributed by atoms with Crippen molar-refractivity contribution in [3.63, 3.8) is 0 Å². The van der Waals surface area contributed by atoms with E-state index in [-0.39, 0.29) is 10.0 Å². The van der Waals surface area contributed by atoms with Crippen LogP contribution in [0, 0.1) is 6.92 Å². The van der Waals surface area contributed by atoms with E-state index in [9.17, 15) is 18.0 Å². The number of hydrogen-bond acceptors (Lipinski definition) is 5. The molecule has 0 atom stereocenters. The van der Waals surface area contributed by atoms with Gasteiger partial charge in [0.15, 0.2) is 0 Å². The monoisotopic (exact) mass is 500 g/mol. The zero-order valence-electron chi connectivity index (χ0n) is 19.3. The molecule has 0 spiro atoms. The molecule has 0 unspecified atom stereocenters. The van der Waals surface area contributed by atoms with Crippen molar-refractivity contribution in [3.05, 3.63) is 71.3 Å². The fourth-order valence-electron chi connectivity index (χ4n) is 3.77. The van der Waals surface area contributed by atoms with Crippen LogP contribution in [0.4, 0.5) is 4.79 Å². The van der Waals surface area contributed by atoms with Gasteiger partial charge in [-0.05, 0) is 37.5 Å². The molecule has 0 radical (unpaired) electrons. The number of sulfonamides is 1. The highest BCUT2D eigenvalue weighted by Gasteiger charge is 2.22. The molecule has 8 nitrogen and oxygen atoms in total. The van der Waals surface area contributed by atoms with Crippen molar-refractivity contribution in [3.8, 4) is 11.1 Å². The first-order valence-electron chi connectivity index (χ1n) is 11.0. The first kappa shape index (κ1) is 25.5. The van der Waals surface area contributed by atoms with E-state index in [0.29, 0.717) is 35.6 Å². The molecule has 0 aliphatic rings. The molecule has 2 N–H and O–H groups in total. The van der Waals surface area contributed by atoms with Crippen molar-refractivity contribution in [2.24, 2.45) is 0 Å². The molecule has 0 fully saturated rings. The fraction of sp³-hybridized carbons (Fsp3) is 0.292. The Bertz CT molecular complexity index is 1300. The standard InChI is InChI=1S/C24H28N4O4S2/c1-4-8-21-26-16(3)22(23(29)33)28(21)15-17-11-13-18(14-12-17)19-9-6-7-10-20(19)34(31,32)27-24(30)25-5-2/h6-7,9-14H,4-5,8,15H2,1-3H3,(H,29,33)(H2,25,27,30). The van der Waals surface area contributed by atoms with Gasteiger partial charge in [0.1, 0.15) is 11.5 Å². The average Bonchev–Trinajstić information content (AvgIpc) is 3.09. The first-order chi connectivity index (χ1) is 16.2. The minimum Gasteiger partial charge on any atom is -0.338 e. The van der Waals surface area contributed by atoms with Gasteiger partial charge in [-0.15, -0.1) is 0 Å². The molecule has 3 aromatic rings. The number of benzene rings is 2. The molecular formula is C24H28N4O4S2. The molecule has 180 valence electrons. The van der Waals surface area contributed by atoms with E-state index >= 15 is 0 Å².